The van der Waals surface area contributed by atoms with Crippen molar-refractivity contribution in [3.05, 3.63) is 11.5 Å². The van der Waals surface area contributed by atoms with E-state index in [1.165, 1.54) is 6.08 Å². The second-order valence-electron chi connectivity index (χ2n) is 4.78. The van der Waals surface area contributed by atoms with Crippen LogP contribution in [0, 0.1) is 0 Å². The van der Waals surface area contributed by atoms with Crippen LogP contribution in [0.25, 0.3) is 0 Å². The third-order valence-electron chi connectivity index (χ3n) is 2.51. The summed E-state index contributed by atoms with van der Waals surface area (Å²) in [6, 6.07) is -0.805. The first-order chi connectivity index (χ1) is 9.74. The molecule has 1 atom stereocenters. The zero-order chi connectivity index (χ0) is 16.3. The molecule has 0 fully saturated rings. The van der Waals surface area contributed by atoms with Crippen LogP contribution in [0.3, 0.4) is 0 Å². The van der Waals surface area contributed by atoms with Crippen LogP contribution in [0.4, 0.5) is 4.79 Å². The number of carbonyl (C=O) groups excluding carboxylic acids is 2. The highest BCUT2D eigenvalue weighted by Gasteiger charge is 2.13. The van der Waals surface area contributed by atoms with E-state index in [9.17, 15) is 18.0 Å². The molecule has 0 aromatic heterocycles. The van der Waals surface area contributed by atoms with E-state index in [4.69, 9.17) is 10.5 Å². The van der Waals surface area contributed by atoms with Gasteiger partial charge in [-0.3, -0.25) is 4.79 Å². The fourth-order valence-corrected chi connectivity index (χ4v) is 1.98. The number of nitrogens with one attached hydrogen (secondary N) is 1. The first-order valence-corrected chi connectivity index (χ1v) is 8.80. The Labute approximate surface area is 125 Å². The maximum Gasteiger partial charge on any atom is 0.407 e. The summed E-state index contributed by atoms with van der Waals surface area (Å²) >= 11 is 0. The molecule has 0 unspecified atom stereocenters. The number of primary amides is 1. The lowest BCUT2D eigenvalue weighted by molar-refractivity contribution is -0.118. The predicted octanol–water partition coefficient (Wildman–Crippen LogP) is 1.10. The highest BCUT2D eigenvalue weighted by atomic mass is 32.2. The van der Waals surface area contributed by atoms with Crippen molar-refractivity contribution in [2.45, 2.75) is 45.1 Å². The molecule has 7 nitrogen and oxygen atoms in total. The molecular weight excluding hydrogens is 296 g/mol. The topological polar surface area (TPSA) is 116 Å². The van der Waals surface area contributed by atoms with E-state index in [-0.39, 0.29) is 13.0 Å². The summed E-state index contributed by atoms with van der Waals surface area (Å²) in [6.45, 7) is 2.36. The average molecular weight is 320 g/mol. The van der Waals surface area contributed by atoms with Crippen LogP contribution in [0.1, 0.15) is 39.0 Å². The number of hydrogen-bond acceptors (Lipinski definition) is 5. The largest absolute Gasteiger partial charge is 0.450 e. The number of nitrogens with two attached hydrogens (primary N) is 1. The number of ether oxygens (including phenoxy) is 1. The predicted molar refractivity (Wildman–Crippen MR) is 80.2 cm³/mol. The molecule has 0 rings (SSSR count). The Morgan fingerprint density at radius 1 is 1.29 bits per heavy atom. The molecule has 0 aliphatic rings. The minimum Gasteiger partial charge on any atom is -0.450 e. The fraction of sp³-hybridized carbons (Fsp3) is 0.692. The Kier molecular flexibility index (Phi) is 9.44. The first-order valence-electron chi connectivity index (χ1n) is 6.84. The lowest BCUT2D eigenvalue weighted by Crippen LogP contribution is -2.37. The van der Waals surface area contributed by atoms with Gasteiger partial charge in [-0.1, -0.05) is 32.3 Å². The van der Waals surface area contributed by atoms with Gasteiger partial charge in [-0.05, 0) is 6.42 Å². The lowest BCUT2D eigenvalue weighted by Gasteiger charge is -2.13. The Morgan fingerprint density at radius 2 is 1.95 bits per heavy atom. The zero-order valence-electron chi connectivity index (χ0n) is 12.5. The fourth-order valence-electron chi connectivity index (χ4n) is 1.51. The summed E-state index contributed by atoms with van der Waals surface area (Å²) in [6.07, 6.45) is 5.22. The van der Waals surface area contributed by atoms with Crippen molar-refractivity contribution in [2.24, 2.45) is 5.73 Å². The summed E-state index contributed by atoms with van der Waals surface area (Å²) in [5.74, 6) is -0.651. The van der Waals surface area contributed by atoms with Gasteiger partial charge in [0.25, 0.3) is 0 Å². The Bertz CT molecular complexity index is 459. The summed E-state index contributed by atoms with van der Waals surface area (Å²) in [7, 11) is -3.34. The van der Waals surface area contributed by atoms with Crippen molar-refractivity contribution in [1.82, 2.24) is 5.32 Å². The molecule has 0 bridgehead atoms. The van der Waals surface area contributed by atoms with E-state index in [0.717, 1.165) is 37.3 Å². The van der Waals surface area contributed by atoms with Crippen molar-refractivity contribution in [3.8, 4) is 0 Å². The standard InChI is InChI=1S/C13H24N2O5S/c1-3-4-5-6-8-20-13(17)15-11(10-12(14)16)7-9-21(2,18)19/h7,9,11H,3-6,8,10H2,1-2H3,(H2,14,16)(H,15,17)/b9-7+/t11-/m0/s1. The number of unbranched alkanes of at least 4 members (excludes halogenated alkanes) is 3. The molecule has 8 heteroatoms. The van der Waals surface area contributed by atoms with Crippen molar-refractivity contribution in [1.29, 1.82) is 0 Å². The van der Waals surface area contributed by atoms with Gasteiger partial charge < -0.3 is 15.8 Å². The normalized spacial score (nSPS) is 13.0. The summed E-state index contributed by atoms with van der Waals surface area (Å²) in [5.41, 5.74) is 5.05. The monoisotopic (exact) mass is 320 g/mol. The van der Waals surface area contributed by atoms with Crippen LogP contribution < -0.4 is 11.1 Å². The van der Waals surface area contributed by atoms with Crippen LogP contribution in [0.15, 0.2) is 11.5 Å². The van der Waals surface area contributed by atoms with E-state index >= 15 is 0 Å². The highest BCUT2D eigenvalue weighted by molar-refractivity contribution is 7.93. The summed E-state index contributed by atoms with van der Waals surface area (Å²) in [5, 5.41) is 3.32. The first kappa shape index (κ1) is 19.4. The lowest BCUT2D eigenvalue weighted by atomic mass is 10.2. The van der Waals surface area contributed by atoms with Gasteiger partial charge in [-0.25, -0.2) is 13.2 Å². The van der Waals surface area contributed by atoms with E-state index < -0.39 is 27.9 Å². The van der Waals surface area contributed by atoms with E-state index in [0.29, 0.717) is 0 Å². The number of amides is 2. The molecule has 21 heavy (non-hydrogen) atoms. The Balaban J connectivity index is 4.30. The number of hydrogen-bond donors (Lipinski definition) is 2. The second kappa shape index (κ2) is 10.2. The van der Waals surface area contributed by atoms with Crippen LogP contribution in [0.5, 0.6) is 0 Å². The number of sulfone groups is 1. The minimum absolute atomic E-state index is 0.197. The molecule has 0 heterocycles. The molecule has 0 saturated carbocycles. The van der Waals surface area contributed by atoms with Gasteiger partial charge in [-0.2, -0.15) is 0 Å². The van der Waals surface area contributed by atoms with E-state index in [1.54, 1.807) is 0 Å². The van der Waals surface area contributed by atoms with Gasteiger partial charge in [0.2, 0.25) is 5.91 Å². The molecule has 3 N–H and O–H groups in total. The molecule has 0 radical (unpaired) electrons. The number of rotatable bonds is 10. The highest BCUT2D eigenvalue weighted by Crippen LogP contribution is 2.01. The van der Waals surface area contributed by atoms with Gasteiger partial charge in [0.15, 0.2) is 9.84 Å². The second-order valence-corrected chi connectivity index (χ2v) is 6.71. The molecule has 0 aromatic carbocycles. The van der Waals surface area contributed by atoms with E-state index in [1.807, 2.05) is 0 Å². The molecule has 0 aromatic rings. The van der Waals surface area contributed by atoms with Crippen LogP contribution >= 0.6 is 0 Å². The number of carbonyl (C=O) groups is 2. The Hall–Kier alpha value is -1.57. The van der Waals surface area contributed by atoms with Crippen molar-refractivity contribution in [3.63, 3.8) is 0 Å². The van der Waals surface area contributed by atoms with Crippen LogP contribution in [0.2, 0.25) is 0 Å². The summed E-state index contributed by atoms with van der Waals surface area (Å²) in [4.78, 5) is 22.4. The maximum absolute atomic E-state index is 11.5. The van der Waals surface area contributed by atoms with Crippen molar-refractivity contribution >= 4 is 21.8 Å². The molecule has 0 saturated heterocycles. The zero-order valence-corrected chi connectivity index (χ0v) is 13.3. The molecule has 122 valence electrons. The molecular formula is C13H24N2O5S. The van der Waals surface area contributed by atoms with Gasteiger partial charge in [0.1, 0.15) is 0 Å². The smallest absolute Gasteiger partial charge is 0.407 e. The molecule has 0 aliphatic carbocycles. The third kappa shape index (κ3) is 13.2. The number of alkyl carbamates (subject to hydrolysis) is 1. The van der Waals surface area contributed by atoms with E-state index in [2.05, 4.69) is 12.2 Å². The van der Waals surface area contributed by atoms with Gasteiger partial charge in [0, 0.05) is 11.7 Å². The third-order valence-corrected chi connectivity index (χ3v) is 3.16. The SMILES string of the molecule is CCCCCCOC(=O)N[C@@H](/C=C/S(C)(=O)=O)CC(N)=O. The minimum atomic E-state index is -3.34. The van der Waals surface area contributed by atoms with Crippen molar-refractivity contribution in [2.75, 3.05) is 12.9 Å². The average Bonchev–Trinajstić information content (AvgIpc) is 2.34. The summed E-state index contributed by atoms with van der Waals surface area (Å²) < 4.78 is 27.0. The quantitative estimate of drug-likeness (QED) is 0.585. The van der Waals surface area contributed by atoms with Gasteiger partial charge >= 0.3 is 6.09 Å². The Morgan fingerprint density at radius 3 is 2.48 bits per heavy atom. The van der Waals surface area contributed by atoms with Gasteiger partial charge in [-0.15, -0.1) is 0 Å². The van der Waals surface area contributed by atoms with Crippen LogP contribution in [-0.4, -0.2) is 39.3 Å². The van der Waals surface area contributed by atoms with Gasteiger partial charge in [0.05, 0.1) is 19.1 Å². The van der Waals surface area contributed by atoms with Crippen molar-refractivity contribution < 1.29 is 22.7 Å². The van der Waals surface area contributed by atoms with Crippen LogP contribution in [-0.2, 0) is 19.4 Å². The molecule has 2 amide bonds. The molecule has 0 spiro atoms. The maximum atomic E-state index is 11.5. The molecule has 0 aliphatic heterocycles.